The van der Waals surface area contributed by atoms with Crippen molar-refractivity contribution in [2.24, 2.45) is 11.5 Å². The summed E-state index contributed by atoms with van der Waals surface area (Å²) in [6.07, 6.45) is 4.60. The van der Waals surface area contributed by atoms with Gasteiger partial charge in [-0.05, 0) is 19.3 Å². The normalized spacial score (nSPS) is 35.3. The minimum atomic E-state index is 0. The van der Waals surface area contributed by atoms with Crippen molar-refractivity contribution in [1.29, 1.82) is 0 Å². The minimum Gasteiger partial charge on any atom is -0.328 e. The Morgan fingerprint density at radius 3 is 1.67 bits per heavy atom. The summed E-state index contributed by atoms with van der Waals surface area (Å²) in [6, 6.07) is 0.775. The van der Waals surface area contributed by atoms with Crippen LogP contribution in [0.15, 0.2) is 0 Å². The number of nitrogens with two attached hydrogens (primary N) is 2. The first-order chi connectivity index (χ1) is 3.79. The van der Waals surface area contributed by atoms with Gasteiger partial charge in [0.1, 0.15) is 0 Å². The van der Waals surface area contributed by atoms with E-state index >= 15 is 0 Å². The Hall–Kier alpha value is 0.210. The molecule has 1 fully saturated rings. The molecule has 0 unspecified atom stereocenters. The van der Waals surface area contributed by atoms with Crippen molar-refractivity contribution in [2.45, 2.75) is 37.8 Å². The standard InChI is InChI=1S/C6H14N2.ClH/c7-5-2-1-3-6(8)4-5;/h5-6H,1-4,7-8H2;1H/t5-,6-;/m1./s1. The number of halogens is 1. The van der Waals surface area contributed by atoms with E-state index < -0.39 is 0 Å². The monoisotopic (exact) mass is 150 g/mol. The van der Waals surface area contributed by atoms with Crippen molar-refractivity contribution in [3.63, 3.8) is 0 Å². The third-order valence-electron chi connectivity index (χ3n) is 1.76. The highest BCUT2D eigenvalue weighted by molar-refractivity contribution is 5.85. The third-order valence-corrected chi connectivity index (χ3v) is 1.76. The van der Waals surface area contributed by atoms with Crippen LogP contribution in [0, 0.1) is 0 Å². The first kappa shape index (κ1) is 9.21. The second kappa shape index (κ2) is 4.09. The molecule has 0 spiro atoms. The molecule has 3 heteroatoms. The van der Waals surface area contributed by atoms with Gasteiger partial charge in [0.2, 0.25) is 0 Å². The van der Waals surface area contributed by atoms with Crippen molar-refractivity contribution < 1.29 is 0 Å². The lowest BCUT2D eigenvalue weighted by molar-refractivity contribution is 0.392. The molecule has 0 radical (unpaired) electrons. The Kier molecular flexibility index (Phi) is 4.19. The van der Waals surface area contributed by atoms with Crippen molar-refractivity contribution in [3.8, 4) is 0 Å². The SMILES string of the molecule is Cl.N[C@@H]1CCC[C@@H](N)C1. The number of rotatable bonds is 0. The fourth-order valence-corrected chi connectivity index (χ4v) is 1.27. The quantitative estimate of drug-likeness (QED) is 0.533. The van der Waals surface area contributed by atoms with E-state index in [4.69, 9.17) is 11.5 Å². The molecule has 1 rings (SSSR count). The van der Waals surface area contributed by atoms with Crippen LogP contribution in [0.2, 0.25) is 0 Å². The maximum absolute atomic E-state index is 5.65. The molecule has 0 amide bonds. The molecule has 56 valence electrons. The topological polar surface area (TPSA) is 52.0 Å². The average Bonchev–Trinajstić information content (AvgIpc) is 1.64. The first-order valence-electron chi connectivity index (χ1n) is 3.30. The Morgan fingerprint density at radius 1 is 1.00 bits per heavy atom. The molecular formula is C6H15ClN2. The molecule has 2 nitrogen and oxygen atoms in total. The lowest BCUT2D eigenvalue weighted by atomic mass is 9.92. The molecule has 0 aliphatic heterocycles. The molecule has 2 atom stereocenters. The maximum atomic E-state index is 5.65. The van der Waals surface area contributed by atoms with E-state index in [1.807, 2.05) is 0 Å². The van der Waals surface area contributed by atoms with Gasteiger partial charge in [-0.25, -0.2) is 0 Å². The van der Waals surface area contributed by atoms with Crippen LogP contribution < -0.4 is 11.5 Å². The molecule has 0 heterocycles. The van der Waals surface area contributed by atoms with Crippen LogP contribution in [0.4, 0.5) is 0 Å². The Morgan fingerprint density at radius 2 is 1.44 bits per heavy atom. The molecule has 1 aliphatic rings. The van der Waals surface area contributed by atoms with E-state index in [-0.39, 0.29) is 12.4 Å². The van der Waals surface area contributed by atoms with Gasteiger partial charge in [-0.1, -0.05) is 6.42 Å². The number of hydrogen-bond donors (Lipinski definition) is 2. The van der Waals surface area contributed by atoms with E-state index in [1.54, 1.807) is 0 Å². The zero-order valence-electron chi connectivity index (χ0n) is 5.55. The summed E-state index contributed by atoms with van der Waals surface area (Å²) in [4.78, 5) is 0. The summed E-state index contributed by atoms with van der Waals surface area (Å²) < 4.78 is 0. The van der Waals surface area contributed by atoms with Gasteiger partial charge in [-0.3, -0.25) is 0 Å². The summed E-state index contributed by atoms with van der Waals surface area (Å²) in [5.74, 6) is 0. The summed E-state index contributed by atoms with van der Waals surface area (Å²) in [5, 5.41) is 0. The molecule has 1 aliphatic carbocycles. The van der Waals surface area contributed by atoms with Gasteiger partial charge in [0.25, 0.3) is 0 Å². The molecule has 0 bridgehead atoms. The Labute approximate surface area is 62.4 Å². The van der Waals surface area contributed by atoms with Crippen LogP contribution >= 0.6 is 12.4 Å². The predicted octanol–water partition coefficient (Wildman–Crippen LogP) is 0.637. The van der Waals surface area contributed by atoms with Gasteiger partial charge in [0.15, 0.2) is 0 Å². The van der Waals surface area contributed by atoms with Crippen molar-refractivity contribution >= 4 is 12.4 Å². The van der Waals surface area contributed by atoms with Gasteiger partial charge in [-0.2, -0.15) is 0 Å². The Bertz CT molecular complexity index is 69.5. The molecule has 9 heavy (non-hydrogen) atoms. The summed E-state index contributed by atoms with van der Waals surface area (Å²) in [7, 11) is 0. The fourth-order valence-electron chi connectivity index (χ4n) is 1.27. The molecule has 1 saturated carbocycles. The molecule has 0 aromatic heterocycles. The van der Waals surface area contributed by atoms with Crippen LogP contribution in [0.1, 0.15) is 25.7 Å². The van der Waals surface area contributed by atoms with E-state index in [0.717, 1.165) is 6.42 Å². The summed E-state index contributed by atoms with van der Waals surface area (Å²) >= 11 is 0. The van der Waals surface area contributed by atoms with Gasteiger partial charge < -0.3 is 11.5 Å². The number of hydrogen-bond acceptors (Lipinski definition) is 2. The molecule has 0 saturated heterocycles. The average molecular weight is 151 g/mol. The first-order valence-corrected chi connectivity index (χ1v) is 3.30. The summed E-state index contributed by atoms with van der Waals surface area (Å²) in [6.45, 7) is 0. The zero-order valence-corrected chi connectivity index (χ0v) is 6.36. The lowest BCUT2D eigenvalue weighted by Gasteiger charge is -2.22. The van der Waals surface area contributed by atoms with Crippen molar-refractivity contribution in [1.82, 2.24) is 0 Å². The van der Waals surface area contributed by atoms with E-state index in [9.17, 15) is 0 Å². The maximum Gasteiger partial charge on any atom is 0.00535 e. The van der Waals surface area contributed by atoms with Crippen molar-refractivity contribution in [2.75, 3.05) is 0 Å². The summed E-state index contributed by atoms with van der Waals surface area (Å²) in [5.41, 5.74) is 11.3. The molecule has 0 aromatic rings. The van der Waals surface area contributed by atoms with Gasteiger partial charge in [0, 0.05) is 12.1 Å². The van der Waals surface area contributed by atoms with E-state index in [1.165, 1.54) is 19.3 Å². The Balaban J connectivity index is 0.000000640. The van der Waals surface area contributed by atoms with Gasteiger partial charge in [0.05, 0.1) is 0 Å². The largest absolute Gasteiger partial charge is 0.328 e. The van der Waals surface area contributed by atoms with E-state index in [0.29, 0.717) is 12.1 Å². The third kappa shape index (κ3) is 3.04. The van der Waals surface area contributed by atoms with Gasteiger partial charge >= 0.3 is 0 Å². The van der Waals surface area contributed by atoms with Crippen molar-refractivity contribution in [3.05, 3.63) is 0 Å². The molecule has 4 N–H and O–H groups in total. The second-order valence-electron chi connectivity index (χ2n) is 2.69. The fraction of sp³-hybridized carbons (Fsp3) is 1.00. The van der Waals surface area contributed by atoms with Crippen LogP contribution in [-0.2, 0) is 0 Å². The highest BCUT2D eigenvalue weighted by Gasteiger charge is 2.14. The zero-order chi connectivity index (χ0) is 5.98. The highest BCUT2D eigenvalue weighted by Crippen LogP contribution is 2.14. The van der Waals surface area contributed by atoms with Gasteiger partial charge in [-0.15, -0.1) is 12.4 Å². The van der Waals surface area contributed by atoms with Crippen LogP contribution in [0.5, 0.6) is 0 Å². The van der Waals surface area contributed by atoms with Crippen LogP contribution in [0.3, 0.4) is 0 Å². The van der Waals surface area contributed by atoms with Crippen LogP contribution in [0.25, 0.3) is 0 Å². The smallest absolute Gasteiger partial charge is 0.00535 e. The predicted molar refractivity (Wildman–Crippen MR) is 41.7 cm³/mol. The van der Waals surface area contributed by atoms with Crippen LogP contribution in [-0.4, -0.2) is 12.1 Å². The second-order valence-corrected chi connectivity index (χ2v) is 2.69. The van der Waals surface area contributed by atoms with E-state index in [2.05, 4.69) is 0 Å². The molecular weight excluding hydrogens is 136 g/mol. The highest BCUT2D eigenvalue weighted by atomic mass is 35.5. The lowest BCUT2D eigenvalue weighted by Crippen LogP contribution is -2.35. The molecule has 0 aromatic carbocycles. The minimum absolute atomic E-state index is 0.